The summed E-state index contributed by atoms with van der Waals surface area (Å²) in [5, 5.41) is 0. The average Bonchev–Trinajstić information content (AvgIpc) is 2.71. The van der Waals surface area contributed by atoms with Gasteiger partial charge in [-0.25, -0.2) is 4.18 Å². The molecule has 9 nitrogen and oxygen atoms in total. The van der Waals surface area contributed by atoms with E-state index >= 15 is 0 Å². The Bertz CT molecular complexity index is 550. The number of carbonyl (C=O) groups excluding carboxylic acids is 1. The van der Waals surface area contributed by atoms with Crippen molar-refractivity contribution in [2.24, 2.45) is 0 Å². The second-order valence-electron chi connectivity index (χ2n) is 4.94. The summed E-state index contributed by atoms with van der Waals surface area (Å²) in [4.78, 5) is 10.7. The van der Waals surface area contributed by atoms with Gasteiger partial charge >= 0.3 is 16.4 Å². The first-order chi connectivity index (χ1) is 9.57. The highest BCUT2D eigenvalue weighted by molar-refractivity contribution is 7.80. The number of esters is 1. The van der Waals surface area contributed by atoms with Crippen molar-refractivity contribution in [1.82, 2.24) is 0 Å². The van der Waals surface area contributed by atoms with E-state index in [2.05, 4.69) is 4.18 Å². The zero-order chi connectivity index (χ0) is 15.8. The maximum Gasteiger partial charge on any atom is 0.398 e. The largest absolute Gasteiger partial charge is 0.463 e. The van der Waals surface area contributed by atoms with Gasteiger partial charge < -0.3 is 18.9 Å². The molecule has 0 bridgehead atoms. The standard InChI is InChI=1S/C11H16O9S/c1-6(12)16-5-4-7-8(20-21(13,14)15)9-10(17-7)19-11(2,3)18-9/h4,8-10H,5H2,1-3H3,(H,13,14,15)/b7-4+/t8-,9+,10+/m0/s1. The molecule has 0 aliphatic carbocycles. The van der Waals surface area contributed by atoms with Crippen LogP contribution in [0.1, 0.15) is 20.8 Å². The molecule has 0 aromatic carbocycles. The van der Waals surface area contributed by atoms with Crippen molar-refractivity contribution in [2.45, 2.75) is 45.1 Å². The molecule has 3 atom stereocenters. The van der Waals surface area contributed by atoms with Crippen molar-refractivity contribution < 1.29 is 40.9 Å². The van der Waals surface area contributed by atoms with Crippen molar-refractivity contribution in [3.8, 4) is 0 Å². The molecular weight excluding hydrogens is 308 g/mol. The summed E-state index contributed by atoms with van der Waals surface area (Å²) in [5.74, 6) is -1.44. The molecule has 21 heavy (non-hydrogen) atoms. The molecule has 2 heterocycles. The SMILES string of the molecule is CC(=O)OC/C=C1/O[C@@H]2OC(C)(C)O[C@@H]2[C@H]1OS(=O)(=O)O. The van der Waals surface area contributed by atoms with Gasteiger partial charge in [-0.15, -0.1) is 0 Å². The lowest BCUT2D eigenvalue weighted by molar-refractivity contribution is -0.188. The van der Waals surface area contributed by atoms with Gasteiger partial charge in [-0.05, 0) is 19.9 Å². The summed E-state index contributed by atoms with van der Waals surface area (Å²) < 4.78 is 56.3. The third-order valence-electron chi connectivity index (χ3n) is 2.72. The minimum atomic E-state index is -4.72. The number of hydrogen-bond donors (Lipinski definition) is 1. The third-order valence-corrected chi connectivity index (χ3v) is 3.17. The fourth-order valence-electron chi connectivity index (χ4n) is 2.06. The molecule has 2 rings (SSSR count). The van der Waals surface area contributed by atoms with Crippen molar-refractivity contribution in [1.29, 1.82) is 0 Å². The molecule has 2 aliphatic rings. The minimum Gasteiger partial charge on any atom is -0.463 e. The summed E-state index contributed by atoms with van der Waals surface area (Å²) in [6.07, 6.45) is -1.65. The van der Waals surface area contributed by atoms with E-state index in [0.29, 0.717) is 0 Å². The fourth-order valence-corrected chi connectivity index (χ4v) is 2.52. The number of carbonyl (C=O) groups is 1. The molecule has 2 saturated heterocycles. The molecule has 10 heteroatoms. The van der Waals surface area contributed by atoms with Gasteiger partial charge in [-0.2, -0.15) is 8.42 Å². The van der Waals surface area contributed by atoms with Crippen LogP contribution in [0, 0.1) is 0 Å². The van der Waals surface area contributed by atoms with Gasteiger partial charge in [0.1, 0.15) is 12.4 Å². The van der Waals surface area contributed by atoms with E-state index in [1.165, 1.54) is 13.0 Å². The summed E-state index contributed by atoms with van der Waals surface area (Å²) in [7, 11) is -4.72. The summed E-state index contributed by atoms with van der Waals surface area (Å²) in [6.45, 7) is 4.34. The lowest BCUT2D eigenvalue weighted by atomic mass is 10.2. The van der Waals surface area contributed by atoms with Gasteiger partial charge in [0.25, 0.3) is 0 Å². The van der Waals surface area contributed by atoms with Crippen LogP contribution in [0.15, 0.2) is 11.8 Å². The third kappa shape index (κ3) is 4.14. The summed E-state index contributed by atoms with van der Waals surface area (Å²) >= 11 is 0. The zero-order valence-corrected chi connectivity index (χ0v) is 12.5. The predicted octanol–water partition coefficient (Wildman–Crippen LogP) is 0.129. The average molecular weight is 324 g/mol. The topological polar surface area (TPSA) is 118 Å². The van der Waals surface area contributed by atoms with Crippen molar-refractivity contribution in [3.05, 3.63) is 11.8 Å². The molecule has 0 aromatic heterocycles. The van der Waals surface area contributed by atoms with E-state index < -0.39 is 40.7 Å². The Hall–Kier alpha value is -1.20. The maximum absolute atomic E-state index is 10.9. The number of hydrogen-bond acceptors (Lipinski definition) is 8. The molecule has 0 spiro atoms. The zero-order valence-electron chi connectivity index (χ0n) is 11.6. The van der Waals surface area contributed by atoms with Crippen LogP contribution in [-0.4, -0.2) is 49.8 Å². The van der Waals surface area contributed by atoms with Crippen LogP contribution in [0.5, 0.6) is 0 Å². The monoisotopic (exact) mass is 324 g/mol. The summed E-state index contributed by atoms with van der Waals surface area (Å²) in [5.41, 5.74) is 0. The van der Waals surface area contributed by atoms with E-state index in [9.17, 15) is 13.2 Å². The molecule has 0 saturated carbocycles. The minimum absolute atomic E-state index is 0.0411. The first kappa shape index (κ1) is 16.2. The molecule has 0 aromatic rings. The van der Waals surface area contributed by atoms with E-state index in [4.69, 9.17) is 23.5 Å². The van der Waals surface area contributed by atoms with Gasteiger partial charge in [0, 0.05) is 6.92 Å². The highest BCUT2D eigenvalue weighted by atomic mass is 32.3. The molecule has 0 radical (unpaired) electrons. The Kier molecular flexibility index (Phi) is 4.26. The highest BCUT2D eigenvalue weighted by Gasteiger charge is 2.55. The second kappa shape index (κ2) is 5.54. The van der Waals surface area contributed by atoms with Gasteiger partial charge in [-0.3, -0.25) is 9.35 Å². The molecule has 0 amide bonds. The smallest absolute Gasteiger partial charge is 0.398 e. The van der Waals surface area contributed by atoms with Crippen molar-refractivity contribution in [3.63, 3.8) is 0 Å². The first-order valence-electron chi connectivity index (χ1n) is 6.09. The Morgan fingerprint density at radius 3 is 2.67 bits per heavy atom. The van der Waals surface area contributed by atoms with Crippen LogP contribution >= 0.6 is 0 Å². The Morgan fingerprint density at radius 1 is 1.43 bits per heavy atom. The van der Waals surface area contributed by atoms with Crippen LogP contribution in [0.4, 0.5) is 0 Å². The van der Waals surface area contributed by atoms with Crippen molar-refractivity contribution >= 4 is 16.4 Å². The van der Waals surface area contributed by atoms with E-state index in [0.717, 1.165) is 0 Å². The molecular formula is C11H16O9S. The molecule has 120 valence electrons. The van der Waals surface area contributed by atoms with Crippen molar-refractivity contribution in [2.75, 3.05) is 6.61 Å². The lowest BCUT2D eigenvalue weighted by Crippen LogP contribution is -2.33. The van der Waals surface area contributed by atoms with Gasteiger partial charge in [0.2, 0.25) is 6.29 Å². The normalized spacial score (nSPS) is 32.8. The van der Waals surface area contributed by atoms with Crippen LogP contribution in [0.25, 0.3) is 0 Å². The van der Waals surface area contributed by atoms with Crippen LogP contribution < -0.4 is 0 Å². The fraction of sp³-hybridized carbons (Fsp3) is 0.727. The van der Waals surface area contributed by atoms with Crippen LogP contribution in [0.2, 0.25) is 0 Å². The molecule has 2 aliphatic heterocycles. The molecule has 2 fully saturated rings. The molecule has 0 unspecified atom stereocenters. The lowest BCUT2D eigenvalue weighted by Gasteiger charge is -2.21. The number of fused-ring (bicyclic) bond motifs is 1. The highest BCUT2D eigenvalue weighted by Crippen LogP contribution is 2.40. The number of ether oxygens (including phenoxy) is 4. The molecule has 1 N–H and O–H groups in total. The Balaban J connectivity index is 2.16. The van der Waals surface area contributed by atoms with Crippen LogP contribution in [-0.2, 0) is 38.3 Å². The quantitative estimate of drug-likeness (QED) is 0.568. The van der Waals surface area contributed by atoms with E-state index in [-0.39, 0.29) is 12.4 Å². The van der Waals surface area contributed by atoms with Crippen LogP contribution in [0.3, 0.4) is 0 Å². The Labute approximate surface area is 121 Å². The number of rotatable bonds is 4. The van der Waals surface area contributed by atoms with E-state index in [1.807, 2.05) is 0 Å². The van der Waals surface area contributed by atoms with Gasteiger partial charge in [0.15, 0.2) is 18.0 Å². The maximum atomic E-state index is 10.9. The first-order valence-corrected chi connectivity index (χ1v) is 7.45. The van der Waals surface area contributed by atoms with Gasteiger partial charge in [-0.1, -0.05) is 0 Å². The summed E-state index contributed by atoms with van der Waals surface area (Å²) in [6, 6.07) is 0. The Morgan fingerprint density at radius 2 is 2.10 bits per heavy atom. The van der Waals surface area contributed by atoms with E-state index in [1.54, 1.807) is 13.8 Å². The second-order valence-corrected chi connectivity index (χ2v) is 5.99. The predicted molar refractivity (Wildman–Crippen MR) is 66.0 cm³/mol. The van der Waals surface area contributed by atoms with Gasteiger partial charge in [0.05, 0.1) is 0 Å².